The molecule has 0 radical (unpaired) electrons. The maximum atomic E-state index is 9.37. The Kier molecular flexibility index (Phi) is 7.96. The van der Waals surface area contributed by atoms with Gasteiger partial charge in [0.05, 0.1) is 0 Å². The van der Waals surface area contributed by atoms with Crippen molar-refractivity contribution in [1.29, 1.82) is 0 Å². The van der Waals surface area contributed by atoms with Gasteiger partial charge in [-0.2, -0.15) is 12.6 Å². The summed E-state index contributed by atoms with van der Waals surface area (Å²) < 4.78 is 0. The van der Waals surface area contributed by atoms with E-state index in [9.17, 15) is 4.79 Å². The van der Waals surface area contributed by atoms with Crippen molar-refractivity contribution in [3.05, 3.63) is 0 Å². The van der Waals surface area contributed by atoms with Crippen molar-refractivity contribution in [1.82, 2.24) is 0 Å². The summed E-state index contributed by atoms with van der Waals surface area (Å²) in [5.74, 6) is 0.220. The fourth-order valence-corrected chi connectivity index (χ4v) is 0. The van der Waals surface area contributed by atoms with Crippen molar-refractivity contribution in [2.24, 2.45) is 5.41 Å². The third kappa shape index (κ3) is 25.8. The van der Waals surface area contributed by atoms with Gasteiger partial charge in [0.1, 0.15) is 0 Å². The lowest BCUT2D eigenvalue weighted by Crippen LogP contribution is -2.05. The minimum Gasteiger partial charge on any atom is -0.481 e. The summed E-state index contributed by atoms with van der Waals surface area (Å²) in [5, 5.41) is 7.72. The average molecular weight is 178 g/mol. The van der Waals surface area contributed by atoms with Crippen molar-refractivity contribution < 1.29 is 9.90 Å². The molecule has 0 aliphatic heterocycles. The topological polar surface area (TPSA) is 37.3 Å². The predicted molar refractivity (Wildman–Crippen MR) is 51.2 cm³/mol. The van der Waals surface area contributed by atoms with Crippen LogP contribution in [-0.2, 0) is 4.79 Å². The van der Waals surface area contributed by atoms with Crippen molar-refractivity contribution in [2.45, 2.75) is 34.1 Å². The van der Waals surface area contributed by atoms with E-state index in [0.29, 0.717) is 5.41 Å². The fraction of sp³-hybridized carbons (Fsp3) is 0.875. The van der Waals surface area contributed by atoms with E-state index < -0.39 is 5.97 Å². The molecule has 0 aromatic rings. The van der Waals surface area contributed by atoms with Crippen LogP contribution in [0.15, 0.2) is 0 Å². The Balaban J connectivity index is 0. The molecular formula is C8H18O2S. The van der Waals surface area contributed by atoms with E-state index in [4.69, 9.17) is 5.11 Å². The summed E-state index contributed by atoms with van der Waals surface area (Å²) in [7, 11) is 0. The third-order valence-electron chi connectivity index (χ3n) is 0.777. The fourth-order valence-electron chi connectivity index (χ4n) is 0. The molecule has 0 saturated carbocycles. The normalized spacial score (nSPS) is 9.91. The summed E-state index contributed by atoms with van der Waals surface area (Å²) in [4.78, 5) is 9.37. The first-order chi connectivity index (χ1) is 4.83. The first kappa shape index (κ1) is 13.4. The van der Waals surface area contributed by atoms with Gasteiger partial charge in [-0.3, -0.25) is 4.79 Å². The molecule has 0 spiro atoms. The van der Waals surface area contributed by atoms with Crippen molar-refractivity contribution in [3.63, 3.8) is 0 Å². The van der Waals surface area contributed by atoms with E-state index >= 15 is 0 Å². The smallest absolute Gasteiger partial charge is 0.303 e. The van der Waals surface area contributed by atoms with Gasteiger partial charge in [0.25, 0.3) is 0 Å². The Hall–Kier alpha value is -0.180. The van der Waals surface area contributed by atoms with Gasteiger partial charge in [-0.15, -0.1) is 0 Å². The molecule has 68 valence electrons. The second kappa shape index (κ2) is 6.53. The van der Waals surface area contributed by atoms with Crippen LogP contribution in [0.5, 0.6) is 0 Å². The van der Waals surface area contributed by atoms with Gasteiger partial charge < -0.3 is 5.11 Å². The summed E-state index contributed by atoms with van der Waals surface area (Å²) in [6.07, 6.45) is 0.222. The number of rotatable bonds is 1. The zero-order chi connectivity index (χ0) is 9.49. The first-order valence-electron chi connectivity index (χ1n) is 3.66. The molecule has 0 aromatic carbocycles. The molecule has 0 aliphatic carbocycles. The van der Waals surface area contributed by atoms with Gasteiger partial charge in [0, 0.05) is 6.42 Å². The molecule has 0 fully saturated rings. The van der Waals surface area contributed by atoms with Gasteiger partial charge >= 0.3 is 5.97 Å². The Morgan fingerprint density at radius 1 is 1.45 bits per heavy atom. The summed E-state index contributed by atoms with van der Waals surface area (Å²) in [5.41, 5.74) is 0.406. The quantitative estimate of drug-likeness (QED) is 0.605. The number of hydrogen-bond acceptors (Lipinski definition) is 2. The highest BCUT2D eigenvalue weighted by Gasteiger charge is 2.04. The van der Waals surface area contributed by atoms with Crippen LogP contribution in [0.25, 0.3) is 0 Å². The molecule has 0 aliphatic rings. The maximum absolute atomic E-state index is 9.37. The first-order valence-corrected chi connectivity index (χ1v) is 4.29. The molecule has 0 aromatic heterocycles. The summed E-state index contributed by atoms with van der Waals surface area (Å²) in [6.45, 7) is 8.10. The lowest BCUT2D eigenvalue weighted by Gasteiger charge is -2.11. The van der Waals surface area contributed by atoms with E-state index in [1.807, 2.05) is 0 Å². The predicted octanol–water partition coefficient (Wildman–Crippen LogP) is 2.44. The molecule has 1 N–H and O–H groups in total. The molecule has 0 bridgehead atoms. The lowest BCUT2D eigenvalue weighted by molar-refractivity contribution is -0.136. The van der Waals surface area contributed by atoms with Gasteiger partial charge in [-0.05, 0) is 11.2 Å². The van der Waals surface area contributed by atoms with Crippen molar-refractivity contribution in [2.75, 3.05) is 5.75 Å². The summed E-state index contributed by atoms with van der Waals surface area (Å²) >= 11 is 4.10. The maximum Gasteiger partial charge on any atom is 0.303 e. The van der Waals surface area contributed by atoms with E-state index in [2.05, 4.69) is 33.4 Å². The van der Waals surface area contributed by atoms with Gasteiger partial charge in [0.2, 0.25) is 0 Å². The van der Waals surface area contributed by atoms with Crippen LogP contribution in [0.3, 0.4) is 0 Å². The Morgan fingerprint density at radius 2 is 1.64 bits per heavy atom. The molecule has 0 amide bonds. The van der Waals surface area contributed by atoms with E-state index in [0.717, 1.165) is 5.75 Å². The van der Waals surface area contributed by atoms with Crippen LogP contribution in [0.2, 0.25) is 0 Å². The highest BCUT2D eigenvalue weighted by atomic mass is 32.1. The van der Waals surface area contributed by atoms with Crippen LogP contribution >= 0.6 is 12.6 Å². The van der Waals surface area contributed by atoms with Crippen molar-refractivity contribution >= 4 is 18.6 Å². The third-order valence-corrected chi connectivity index (χ3v) is 1.73. The minimum absolute atomic E-state index is 0.222. The zero-order valence-corrected chi connectivity index (χ0v) is 8.61. The SMILES string of the molecule is CC(C)(C)CS.CCC(=O)O. The zero-order valence-electron chi connectivity index (χ0n) is 7.72. The molecule has 11 heavy (non-hydrogen) atoms. The number of carboxylic acid groups (broad SMARTS) is 1. The van der Waals surface area contributed by atoms with Crippen molar-refractivity contribution in [3.8, 4) is 0 Å². The van der Waals surface area contributed by atoms with E-state index in [1.165, 1.54) is 0 Å². The molecule has 0 atom stereocenters. The lowest BCUT2D eigenvalue weighted by atomic mass is 10.0. The van der Waals surface area contributed by atoms with Crippen LogP contribution in [0, 0.1) is 5.41 Å². The number of carbonyl (C=O) groups is 1. The van der Waals surface area contributed by atoms with Gasteiger partial charge in [-0.25, -0.2) is 0 Å². The highest BCUT2D eigenvalue weighted by molar-refractivity contribution is 7.80. The minimum atomic E-state index is -0.745. The van der Waals surface area contributed by atoms with Crippen LogP contribution in [-0.4, -0.2) is 16.8 Å². The Labute approximate surface area is 74.4 Å². The standard InChI is InChI=1S/C5H12S.C3H6O2/c1-5(2,3)4-6;1-2-3(4)5/h6H,4H2,1-3H3;2H2,1H3,(H,4,5). The van der Waals surface area contributed by atoms with Gasteiger partial charge in [-0.1, -0.05) is 27.7 Å². The highest BCUT2D eigenvalue weighted by Crippen LogP contribution is 2.13. The second-order valence-corrected chi connectivity index (χ2v) is 3.78. The Morgan fingerprint density at radius 3 is 1.64 bits per heavy atom. The monoisotopic (exact) mass is 178 g/mol. The molecule has 3 heteroatoms. The van der Waals surface area contributed by atoms with E-state index in [-0.39, 0.29) is 6.42 Å². The second-order valence-electron chi connectivity index (χ2n) is 3.47. The number of aliphatic carboxylic acids is 1. The van der Waals surface area contributed by atoms with Crippen LogP contribution < -0.4 is 0 Å². The molecule has 0 saturated heterocycles. The largest absolute Gasteiger partial charge is 0.481 e. The number of hydrogen-bond donors (Lipinski definition) is 2. The van der Waals surface area contributed by atoms with Crippen LogP contribution in [0.1, 0.15) is 34.1 Å². The Bertz CT molecular complexity index is 105. The number of carboxylic acids is 1. The average Bonchev–Trinajstić information content (AvgIpc) is 1.88. The molecule has 0 heterocycles. The number of thiol groups is 1. The summed E-state index contributed by atoms with van der Waals surface area (Å²) in [6, 6.07) is 0. The molecule has 0 unspecified atom stereocenters. The van der Waals surface area contributed by atoms with E-state index in [1.54, 1.807) is 6.92 Å². The molecule has 2 nitrogen and oxygen atoms in total. The molecular weight excluding hydrogens is 160 g/mol. The van der Waals surface area contributed by atoms with Gasteiger partial charge in [0.15, 0.2) is 0 Å². The van der Waals surface area contributed by atoms with Crippen LogP contribution in [0.4, 0.5) is 0 Å². The molecule has 0 rings (SSSR count).